The van der Waals surface area contributed by atoms with Gasteiger partial charge in [-0.15, -0.1) is 12.4 Å². The molecule has 1 aliphatic rings. The van der Waals surface area contributed by atoms with Gasteiger partial charge in [-0.3, -0.25) is 9.48 Å². The summed E-state index contributed by atoms with van der Waals surface area (Å²) in [5.74, 6) is -0.263. The molecule has 0 spiro atoms. The summed E-state index contributed by atoms with van der Waals surface area (Å²) in [6.07, 6.45) is 4.02. The lowest BCUT2D eigenvalue weighted by molar-refractivity contribution is 0.102. The fraction of sp³-hybridized carbons (Fsp3) is 0.474. The van der Waals surface area contributed by atoms with E-state index in [1.54, 1.807) is 12.1 Å². The Balaban J connectivity index is 0.00000243. The maximum Gasteiger partial charge on any atom is 0.276 e. The lowest BCUT2D eigenvalue weighted by Crippen LogP contribution is -2.32. The Morgan fingerprint density at radius 2 is 2.12 bits per heavy atom. The fourth-order valence-electron chi connectivity index (χ4n) is 3.01. The number of phenols is 1. The molecule has 0 radical (unpaired) electrons. The van der Waals surface area contributed by atoms with Gasteiger partial charge in [0.1, 0.15) is 5.75 Å². The second-order valence-corrected chi connectivity index (χ2v) is 7.62. The molecule has 6 nitrogen and oxygen atoms in total. The van der Waals surface area contributed by atoms with Crippen molar-refractivity contribution in [2.24, 2.45) is 0 Å². The van der Waals surface area contributed by atoms with Gasteiger partial charge in [-0.1, -0.05) is 26.8 Å². The van der Waals surface area contributed by atoms with E-state index >= 15 is 0 Å². The van der Waals surface area contributed by atoms with Crippen LogP contribution in [0, 0.1) is 0 Å². The minimum absolute atomic E-state index is 0. The topological polar surface area (TPSA) is 79.2 Å². The smallest absolute Gasteiger partial charge is 0.276 e. The quantitative estimate of drug-likeness (QED) is 0.714. The molecule has 1 atom stereocenters. The Morgan fingerprint density at radius 3 is 2.77 bits per heavy atom. The largest absolute Gasteiger partial charge is 0.506 e. The summed E-state index contributed by atoms with van der Waals surface area (Å²) in [5.41, 5.74) is 1.74. The summed E-state index contributed by atoms with van der Waals surface area (Å²) in [4.78, 5) is 12.5. The van der Waals surface area contributed by atoms with E-state index < -0.39 is 0 Å². The Labute approximate surface area is 160 Å². The van der Waals surface area contributed by atoms with Gasteiger partial charge in [-0.25, -0.2) is 0 Å². The average molecular weight is 379 g/mol. The van der Waals surface area contributed by atoms with E-state index in [0.29, 0.717) is 11.4 Å². The molecule has 2 aromatic rings. The molecule has 7 heteroatoms. The summed E-state index contributed by atoms with van der Waals surface area (Å²) >= 11 is 0. The molecular formula is C19H27ClN4O2. The van der Waals surface area contributed by atoms with Crippen molar-refractivity contribution >= 4 is 24.0 Å². The maximum atomic E-state index is 12.5. The van der Waals surface area contributed by atoms with Crippen molar-refractivity contribution in [3.63, 3.8) is 0 Å². The zero-order valence-electron chi connectivity index (χ0n) is 15.5. The summed E-state index contributed by atoms with van der Waals surface area (Å²) in [6.45, 7) is 8.17. The lowest BCUT2D eigenvalue weighted by atomic mass is 9.87. The molecule has 3 N–H and O–H groups in total. The van der Waals surface area contributed by atoms with Crippen LogP contribution in [0.1, 0.15) is 55.7 Å². The van der Waals surface area contributed by atoms with Crippen LogP contribution >= 0.6 is 12.4 Å². The number of aromatic hydroxyl groups is 1. The van der Waals surface area contributed by atoms with Crippen molar-refractivity contribution in [1.82, 2.24) is 15.1 Å². The number of aromatic nitrogens is 2. The third-order valence-electron chi connectivity index (χ3n) is 4.60. The molecule has 1 saturated heterocycles. The summed E-state index contributed by atoms with van der Waals surface area (Å²) < 4.78 is 1.85. The van der Waals surface area contributed by atoms with Crippen molar-refractivity contribution in [1.29, 1.82) is 0 Å². The Hall–Kier alpha value is -2.05. The van der Waals surface area contributed by atoms with Crippen molar-refractivity contribution in [2.45, 2.75) is 45.1 Å². The molecule has 3 rings (SSSR count). The third-order valence-corrected chi connectivity index (χ3v) is 4.60. The third kappa shape index (κ3) is 4.56. The summed E-state index contributed by atoms with van der Waals surface area (Å²) in [7, 11) is 0. The standard InChI is InChI=1S/C19H26N4O2.ClH/c1-19(2,3)13-6-7-17(24)16(11-13)21-18(25)15-8-10-23(22-15)14-5-4-9-20-12-14;/h6-8,10-11,14,20,24H,4-5,9,12H2,1-3H3,(H,21,25);1H. The number of carbonyl (C=O) groups is 1. The number of phenolic OH excluding ortho intramolecular Hbond substituents is 1. The molecule has 26 heavy (non-hydrogen) atoms. The van der Waals surface area contributed by atoms with Gasteiger partial charge in [0.25, 0.3) is 5.91 Å². The molecule has 0 bridgehead atoms. The number of hydrogen-bond donors (Lipinski definition) is 3. The van der Waals surface area contributed by atoms with Crippen LogP contribution in [0.2, 0.25) is 0 Å². The summed E-state index contributed by atoms with van der Waals surface area (Å²) in [6, 6.07) is 7.30. The highest BCUT2D eigenvalue weighted by Gasteiger charge is 2.20. The predicted octanol–water partition coefficient (Wildman–Crippen LogP) is 3.48. The number of carbonyl (C=O) groups excluding carboxylic acids is 1. The highest BCUT2D eigenvalue weighted by molar-refractivity contribution is 6.03. The molecule has 1 aliphatic heterocycles. The van der Waals surface area contributed by atoms with Crippen LogP contribution in [-0.4, -0.2) is 33.9 Å². The first-order chi connectivity index (χ1) is 11.8. The highest BCUT2D eigenvalue weighted by Crippen LogP contribution is 2.31. The average Bonchev–Trinajstić information content (AvgIpc) is 3.07. The minimum atomic E-state index is -0.316. The normalized spacial score (nSPS) is 17.4. The molecule has 0 aliphatic carbocycles. The predicted molar refractivity (Wildman–Crippen MR) is 105 cm³/mol. The van der Waals surface area contributed by atoms with Crippen LogP contribution in [0.25, 0.3) is 0 Å². The van der Waals surface area contributed by atoms with E-state index in [1.807, 2.05) is 23.0 Å². The van der Waals surface area contributed by atoms with Gasteiger partial charge in [0, 0.05) is 12.7 Å². The number of benzene rings is 1. The first-order valence-electron chi connectivity index (χ1n) is 8.75. The molecule has 2 heterocycles. The van der Waals surface area contributed by atoms with Crippen molar-refractivity contribution in [3.8, 4) is 5.75 Å². The van der Waals surface area contributed by atoms with Crippen LogP contribution < -0.4 is 10.6 Å². The molecule has 1 aromatic carbocycles. The van der Waals surface area contributed by atoms with Gasteiger partial charge in [-0.2, -0.15) is 5.10 Å². The van der Waals surface area contributed by atoms with Gasteiger partial charge < -0.3 is 15.7 Å². The number of nitrogens with zero attached hydrogens (tertiary/aromatic N) is 2. The monoisotopic (exact) mass is 378 g/mol. The zero-order chi connectivity index (χ0) is 18.0. The van der Waals surface area contributed by atoms with Gasteiger partial charge in [0.15, 0.2) is 5.69 Å². The van der Waals surface area contributed by atoms with Crippen molar-refractivity contribution in [3.05, 3.63) is 41.7 Å². The highest BCUT2D eigenvalue weighted by atomic mass is 35.5. The van der Waals surface area contributed by atoms with Gasteiger partial charge in [0.2, 0.25) is 0 Å². The molecule has 1 amide bonds. The second kappa shape index (κ2) is 8.10. The Bertz CT molecular complexity index is 761. The fourth-order valence-corrected chi connectivity index (χ4v) is 3.01. The van der Waals surface area contributed by atoms with Crippen LogP contribution in [0.4, 0.5) is 5.69 Å². The first kappa shape index (κ1) is 20.3. The Morgan fingerprint density at radius 1 is 1.35 bits per heavy atom. The zero-order valence-corrected chi connectivity index (χ0v) is 16.3. The van der Waals surface area contributed by atoms with E-state index in [9.17, 15) is 9.90 Å². The van der Waals surface area contributed by atoms with E-state index in [2.05, 4.69) is 36.5 Å². The van der Waals surface area contributed by atoms with Crippen molar-refractivity contribution in [2.75, 3.05) is 18.4 Å². The molecule has 1 aromatic heterocycles. The maximum absolute atomic E-state index is 12.5. The van der Waals surface area contributed by atoms with Crippen molar-refractivity contribution < 1.29 is 9.90 Å². The van der Waals surface area contributed by atoms with E-state index in [-0.39, 0.29) is 35.5 Å². The number of halogens is 1. The number of rotatable bonds is 3. The summed E-state index contributed by atoms with van der Waals surface area (Å²) in [5, 5.41) is 20.6. The molecule has 1 unspecified atom stereocenters. The number of anilines is 1. The molecule has 0 saturated carbocycles. The lowest BCUT2D eigenvalue weighted by Gasteiger charge is -2.22. The number of hydrogen-bond acceptors (Lipinski definition) is 4. The van der Waals surface area contributed by atoms with Crippen LogP contribution in [0.3, 0.4) is 0 Å². The number of nitrogens with one attached hydrogen (secondary N) is 2. The van der Waals surface area contributed by atoms with E-state index in [0.717, 1.165) is 31.5 Å². The van der Waals surface area contributed by atoms with Gasteiger partial charge in [0.05, 0.1) is 11.7 Å². The Kier molecular flexibility index (Phi) is 6.31. The van der Waals surface area contributed by atoms with Crippen LogP contribution in [0.15, 0.2) is 30.5 Å². The SMILES string of the molecule is CC(C)(C)c1ccc(O)c(NC(=O)c2ccn(C3CCCNC3)n2)c1.Cl. The molecule has 1 fully saturated rings. The van der Waals surface area contributed by atoms with Gasteiger partial charge >= 0.3 is 0 Å². The van der Waals surface area contributed by atoms with Gasteiger partial charge in [-0.05, 0) is 48.6 Å². The molecule has 142 valence electrons. The molecular weight excluding hydrogens is 352 g/mol. The second-order valence-electron chi connectivity index (χ2n) is 7.62. The van der Waals surface area contributed by atoms with E-state index in [4.69, 9.17) is 0 Å². The minimum Gasteiger partial charge on any atom is -0.506 e. The van der Waals surface area contributed by atoms with Crippen LogP contribution in [-0.2, 0) is 5.41 Å². The first-order valence-corrected chi connectivity index (χ1v) is 8.75. The van der Waals surface area contributed by atoms with Crippen LogP contribution in [0.5, 0.6) is 5.75 Å². The number of amides is 1. The number of piperidine rings is 1. The van der Waals surface area contributed by atoms with E-state index in [1.165, 1.54) is 0 Å².